The summed E-state index contributed by atoms with van der Waals surface area (Å²) >= 11 is 0. The molecule has 0 saturated heterocycles. The first-order chi connectivity index (χ1) is 7.63. The molecule has 0 aliphatic heterocycles. The minimum Gasteiger partial charge on any atom is -0.377 e. The van der Waals surface area contributed by atoms with Crippen LogP contribution in [0.25, 0.3) is 0 Å². The van der Waals surface area contributed by atoms with Crippen molar-refractivity contribution in [3.05, 3.63) is 23.8 Å². The highest BCUT2D eigenvalue weighted by atomic mass is 16.5. The number of hydrogen-bond acceptors (Lipinski definition) is 3. The quantitative estimate of drug-likeness (QED) is 0.709. The zero-order chi connectivity index (χ0) is 12.0. The van der Waals surface area contributed by atoms with E-state index in [-0.39, 0.29) is 17.8 Å². The van der Waals surface area contributed by atoms with Gasteiger partial charge in [-0.05, 0) is 12.8 Å². The van der Waals surface area contributed by atoms with Crippen LogP contribution in [0.3, 0.4) is 0 Å². The molecule has 1 unspecified atom stereocenters. The van der Waals surface area contributed by atoms with Crippen LogP contribution < -0.4 is 5.73 Å². The third-order valence-electron chi connectivity index (χ3n) is 2.54. The molecule has 0 radical (unpaired) electrons. The molecular formula is C12H18NO3+. The number of Topliss-reactive ketones (excluding diaryl/α,β-unsaturated/α-hetero) is 1. The van der Waals surface area contributed by atoms with Gasteiger partial charge in [-0.15, -0.1) is 0 Å². The second-order valence-electron chi connectivity index (χ2n) is 3.84. The van der Waals surface area contributed by atoms with E-state index < -0.39 is 0 Å². The number of hydrogen-bond donors (Lipinski definition) is 1. The van der Waals surface area contributed by atoms with E-state index >= 15 is 0 Å². The number of quaternary nitrogens is 1. The average molecular weight is 224 g/mol. The maximum Gasteiger partial charge on any atom is 0.308 e. The zero-order valence-corrected chi connectivity index (χ0v) is 9.57. The number of rotatable bonds is 6. The summed E-state index contributed by atoms with van der Waals surface area (Å²) in [5.74, 6) is -0.0209. The summed E-state index contributed by atoms with van der Waals surface area (Å²) in [6.07, 6.45) is 7.77. The molecule has 1 atom stereocenters. The van der Waals surface area contributed by atoms with Crippen molar-refractivity contribution in [1.29, 1.82) is 0 Å². The highest BCUT2D eigenvalue weighted by Gasteiger charge is 2.13. The first-order valence-electron chi connectivity index (χ1n) is 5.42. The molecule has 0 aromatic heterocycles. The van der Waals surface area contributed by atoms with Gasteiger partial charge in [0, 0.05) is 19.1 Å². The number of amides is 1. The van der Waals surface area contributed by atoms with E-state index in [1.165, 1.54) is 0 Å². The van der Waals surface area contributed by atoms with E-state index in [1.54, 1.807) is 13.2 Å². The molecule has 0 saturated carbocycles. The molecule has 3 N–H and O–H groups in total. The van der Waals surface area contributed by atoms with Crippen LogP contribution in [0.15, 0.2) is 23.8 Å². The summed E-state index contributed by atoms with van der Waals surface area (Å²) in [5, 5.41) is 0. The summed E-state index contributed by atoms with van der Waals surface area (Å²) in [4.78, 5) is 22.3. The molecule has 16 heavy (non-hydrogen) atoms. The van der Waals surface area contributed by atoms with Crippen LogP contribution in [-0.4, -0.2) is 24.9 Å². The molecule has 0 aromatic carbocycles. The van der Waals surface area contributed by atoms with Crippen molar-refractivity contribution in [2.24, 2.45) is 0 Å². The van der Waals surface area contributed by atoms with Gasteiger partial charge in [0.1, 0.15) is 0 Å². The van der Waals surface area contributed by atoms with E-state index in [0.29, 0.717) is 19.3 Å². The molecule has 1 rings (SSSR count). The first-order valence-corrected chi connectivity index (χ1v) is 5.42. The normalized spacial score (nSPS) is 19.4. The van der Waals surface area contributed by atoms with E-state index in [1.807, 2.05) is 12.2 Å². The molecule has 0 bridgehead atoms. The van der Waals surface area contributed by atoms with E-state index in [0.717, 1.165) is 12.0 Å². The van der Waals surface area contributed by atoms with Crippen molar-refractivity contribution in [2.45, 2.75) is 31.8 Å². The Bertz CT molecular complexity index is 331. The van der Waals surface area contributed by atoms with E-state index in [2.05, 4.69) is 5.73 Å². The smallest absolute Gasteiger partial charge is 0.308 e. The Kier molecular flexibility index (Phi) is 5.08. The minimum atomic E-state index is -0.111. The average Bonchev–Trinajstić information content (AvgIpc) is 2.28. The maximum atomic E-state index is 11.7. The van der Waals surface area contributed by atoms with Gasteiger partial charge < -0.3 is 4.74 Å². The standard InChI is InChI=1S/C12H17NO3/c1-16-10-7-5-9(6-8-10)11(14)3-2-4-12(13)15/h5-7,10H,2-4,8H2,1H3,(H2,13,15)/p+1. The third-order valence-corrected chi connectivity index (χ3v) is 2.54. The highest BCUT2D eigenvalue weighted by molar-refractivity contribution is 5.98. The van der Waals surface area contributed by atoms with Crippen LogP contribution in [0, 0.1) is 0 Å². The van der Waals surface area contributed by atoms with Gasteiger partial charge >= 0.3 is 5.91 Å². The molecule has 0 spiro atoms. The SMILES string of the molecule is COC1C=CC(C(=O)CCCC([NH3+])=O)=CC1. The number of allylic oxidation sites excluding steroid dienone is 2. The number of methoxy groups -OCH3 is 1. The molecule has 1 aliphatic rings. The summed E-state index contributed by atoms with van der Waals surface area (Å²) < 4.78 is 5.14. The number of ketones is 1. The van der Waals surface area contributed by atoms with Crippen molar-refractivity contribution in [3.63, 3.8) is 0 Å². The summed E-state index contributed by atoms with van der Waals surface area (Å²) in [7, 11) is 1.65. The molecule has 0 fully saturated rings. The van der Waals surface area contributed by atoms with Crippen molar-refractivity contribution in [1.82, 2.24) is 0 Å². The topological polar surface area (TPSA) is 71.0 Å². The highest BCUT2D eigenvalue weighted by Crippen LogP contribution is 2.15. The zero-order valence-electron chi connectivity index (χ0n) is 9.57. The fourth-order valence-corrected chi connectivity index (χ4v) is 1.57. The van der Waals surface area contributed by atoms with Crippen LogP contribution in [0.1, 0.15) is 25.7 Å². The Morgan fingerprint density at radius 2 is 2.25 bits per heavy atom. The predicted octanol–water partition coefficient (Wildman–Crippen LogP) is 0.396. The maximum absolute atomic E-state index is 11.7. The molecule has 4 nitrogen and oxygen atoms in total. The van der Waals surface area contributed by atoms with Gasteiger partial charge in [-0.25, -0.2) is 4.79 Å². The van der Waals surface area contributed by atoms with Gasteiger partial charge in [0.25, 0.3) is 0 Å². The molecule has 0 aromatic rings. The Morgan fingerprint density at radius 3 is 2.75 bits per heavy atom. The minimum absolute atomic E-state index is 0.0815. The molecule has 1 aliphatic carbocycles. The molecule has 1 amide bonds. The lowest BCUT2D eigenvalue weighted by Crippen LogP contribution is -2.56. The van der Waals surface area contributed by atoms with E-state index in [9.17, 15) is 9.59 Å². The Balaban J connectivity index is 2.36. The second-order valence-corrected chi connectivity index (χ2v) is 3.84. The summed E-state index contributed by atoms with van der Waals surface area (Å²) in [6, 6.07) is 0. The Labute approximate surface area is 95.1 Å². The predicted molar refractivity (Wildman–Crippen MR) is 59.4 cm³/mol. The fourth-order valence-electron chi connectivity index (χ4n) is 1.57. The van der Waals surface area contributed by atoms with Crippen molar-refractivity contribution >= 4 is 11.7 Å². The lowest BCUT2D eigenvalue weighted by atomic mass is 9.98. The van der Waals surface area contributed by atoms with Gasteiger partial charge in [-0.1, -0.05) is 18.2 Å². The lowest BCUT2D eigenvalue weighted by Gasteiger charge is -2.13. The number of carbonyl (C=O) groups is 2. The first kappa shape index (κ1) is 12.8. The molecule has 88 valence electrons. The van der Waals surface area contributed by atoms with Crippen molar-refractivity contribution < 1.29 is 20.1 Å². The molecule has 0 heterocycles. The lowest BCUT2D eigenvalue weighted by molar-refractivity contribution is -0.305. The Morgan fingerprint density at radius 1 is 1.50 bits per heavy atom. The number of carbonyl (C=O) groups excluding carboxylic acids is 2. The summed E-state index contributed by atoms with van der Waals surface area (Å²) in [6.45, 7) is 0. The van der Waals surface area contributed by atoms with Crippen LogP contribution >= 0.6 is 0 Å². The molecule has 4 heteroatoms. The van der Waals surface area contributed by atoms with Gasteiger partial charge in [-0.3, -0.25) is 10.5 Å². The second kappa shape index (κ2) is 6.35. The van der Waals surface area contributed by atoms with Crippen LogP contribution in [0.5, 0.6) is 0 Å². The summed E-state index contributed by atoms with van der Waals surface area (Å²) in [5.41, 5.74) is 4.00. The van der Waals surface area contributed by atoms with Crippen LogP contribution in [0.4, 0.5) is 0 Å². The largest absolute Gasteiger partial charge is 0.377 e. The Hall–Kier alpha value is -1.26. The van der Waals surface area contributed by atoms with Crippen LogP contribution in [0.2, 0.25) is 0 Å². The number of ether oxygens (including phenoxy) is 1. The monoisotopic (exact) mass is 224 g/mol. The molecular weight excluding hydrogens is 206 g/mol. The van der Waals surface area contributed by atoms with Gasteiger partial charge in [0.15, 0.2) is 5.78 Å². The van der Waals surface area contributed by atoms with Crippen LogP contribution in [-0.2, 0) is 14.3 Å². The van der Waals surface area contributed by atoms with E-state index in [4.69, 9.17) is 4.74 Å². The van der Waals surface area contributed by atoms with Gasteiger partial charge in [-0.2, -0.15) is 0 Å². The third kappa shape index (κ3) is 4.08. The van der Waals surface area contributed by atoms with Crippen molar-refractivity contribution in [2.75, 3.05) is 7.11 Å². The van der Waals surface area contributed by atoms with Gasteiger partial charge in [0.2, 0.25) is 0 Å². The van der Waals surface area contributed by atoms with Crippen molar-refractivity contribution in [3.8, 4) is 0 Å². The fraction of sp³-hybridized carbons (Fsp3) is 0.500. The van der Waals surface area contributed by atoms with Gasteiger partial charge in [0.05, 0.1) is 12.5 Å².